The number of benzene rings is 1. The predicted molar refractivity (Wildman–Crippen MR) is 111 cm³/mol. The summed E-state index contributed by atoms with van der Waals surface area (Å²) in [6.07, 6.45) is 6.54. The number of nitrogens with zero attached hydrogens (tertiary/aromatic N) is 2. The van der Waals surface area contributed by atoms with Gasteiger partial charge in [0.25, 0.3) is 5.91 Å². The molecule has 2 amide bonds. The zero-order valence-corrected chi connectivity index (χ0v) is 16.9. The minimum atomic E-state index is -0.625. The van der Waals surface area contributed by atoms with E-state index >= 15 is 0 Å². The van der Waals surface area contributed by atoms with Gasteiger partial charge in [0.15, 0.2) is 0 Å². The van der Waals surface area contributed by atoms with E-state index in [2.05, 4.69) is 10.3 Å². The second-order valence-corrected chi connectivity index (χ2v) is 8.05. The first-order valence-corrected chi connectivity index (χ1v) is 10.5. The molecule has 0 bridgehead atoms. The monoisotopic (exact) mass is 427 g/mol. The molecule has 1 aliphatic rings. The van der Waals surface area contributed by atoms with Crippen LogP contribution < -0.4 is 5.32 Å². The summed E-state index contributed by atoms with van der Waals surface area (Å²) in [4.78, 5) is 32.0. The summed E-state index contributed by atoms with van der Waals surface area (Å²) in [5, 5.41) is 2.94. The Bertz CT molecular complexity index is 997. The van der Waals surface area contributed by atoms with E-state index in [4.69, 9.17) is 16.0 Å². The molecule has 2 aromatic heterocycles. The summed E-state index contributed by atoms with van der Waals surface area (Å²) in [5.41, 5.74) is 2.09. The molecule has 1 fully saturated rings. The van der Waals surface area contributed by atoms with E-state index in [9.17, 15) is 9.59 Å². The quantitative estimate of drug-likeness (QED) is 0.668. The van der Waals surface area contributed by atoms with Gasteiger partial charge in [-0.1, -0.05) is 29.8 Å². The predicted octanol–water partition coefficient (Wildman–Crippen LogP) is 3.90. The van der Waals surface area contributed by atoms with Crippen molar-refractivity contribution >= 4 is 35.2 Å². The molecular formula is C21H18ClN3O3S. The van der Waals surface area contributed by atoms with Crippen LogP contribution in [0.4, 0.5) is 0 Å². The van der Waals surface area contributed by atoms with E-state index in [1.54, 1.807) is 60.2 Å². The van der Waals surface area contributed by atoms with Crippen molar-refractivity contribution in [2.45, 2.75) is 18.0 Å². The van der Waals surface area contributed by atoms with Crippen molar-refractivity contribution in [3.8, 4) is 0 Å². The molecule has 2 atom stereocenters. The molecule has 6 nitrogen and oxygen atoms in total. The second kappa shape index (κ2) is 8.71. The van der Waals surface area contributed by atoms with Crippen LogP contribution in [-0.4, -0.2) is 33.5 Å². The van der Waals surface area contributed by atoms with Crippen LogP contribution in [0.15, 0.2) is 71.8 Å². The summed E-state index contributed by atoms with van der Waals surface area (Å²) < 4.78 is 5.20. The van der Waals surface area contributed by atoms with Crippen molar-refractivity contribution in [2.75, 3.05) is 5.75 Å². The van der Waals surface area contributed by atoms with Gasteiger partial charge in [0.2, 0.25) is 5.91 Å². The van der Waals surface area contributed by atoms with Gasteiger partial charge in [-0.15, -0.1) is 11.8 Å². The third-order valence-electron chi connectivity index (χ3n) is 4.66. The molecule has 1 N–H and O–H groups in total. The molecule has 4 rings (SSSR count). The topological polar surface area (TPSA) is 75.4 Å². The maximum atomic E-state index is 13.4. The number of carbonyl (C=O) groups excluding carboxylic acids is 2. The fraction of sp³-hybridized carbons (Fsp3) is 0.190. The van der Waals surface area contributed by atoms with Crippen molar-refractivity contribution in [3.05, 3.63) is 89.1 Å². The summed E-state index contributed by atoms with van der Waals surface area (Å²) in [6.45, 7) is 0.346. The van der Waals surface area contributed by atoms with Crippen molar-refractivity contribution in [2.24, 2.45) is 0 Å². The molecule has 0 spiro atoms. The molecule has 3 heterocycles. The number of aromatic nitrogens is 1. The first-order chi connectivity index (χ1) is 14.1. The third kappa shape index (κ3) is 4.16. The lowest BCUT2D eigenvalue weighted by Gasteiger charge is -2.28. The van der Waals surface area contributed by atoms with Crippen molar-refractivity contribution < 1.29 is 14.0 Å². The van der Waals surface area contributed by atoms with Gasteiger partial charge in [-0.3, -0.25) is 14.6 Å². The van der Waals surface area contributed by atoms with Gasteiger partial charge >= 0.3 is 0 Å². The summed E-state index contributed by atoms with van der Waals surface area (Å²) in [7, 11) is 0. The maximum absolute atomic E-state index is 13.4. The number of thioether (sulfide) groups is 1. The average Bonchev–Trinajstić information content (AvgIpc) is 3.42. The van der Waals surface area contributed by atoms with E-state index in [0.717, 1.165) is 11.1 Å². The number of hydrogen-bond donors (Lipinski definition) is 1. The minimum Gasteiger partial charge on any atom is -0.472 e. The molecule has 1 saturated heterocycles. The van der Waals surface area contributed by atoms with Crippen LogP contribution in [0.1, 0.15) is 26.9 Å². The lowest BCUT2D eigenvalue weighted by atomic mass is 10.1. The molecule has 8 heteroatoms. The maximum Gasteiger partial charge on any atom is 0.257 e. The minimum absolute atomic E-state index is 0.215. The summed E-state index contributed by atoms with van der Waals surface area (Å²) in [6, 6.07) is 11.7. The SMILES string of the molecule is O=C(NCc1cccnc1)C1CSC(c2ccoc2)N1C(=O)c1ccccc1Cl. The molecular weight excluding hydrogens is 410 g/mol. The number of nitrogens with one attached hydrogen (secondary N) is 1. The van der Waals surface area contributed by atoms with Gasteiger partial charge in [-0.2, -0.15) is 0 Å². The molecule has 148 valence electrons. The number of carbonyl (C=O) groups is 2. The standard InChI is InChI=1S/C21H18ClN3O3S/c22-17-6-2-1-5-16(17)20(27)25-18(13-29-21(25)15-7-9-28-12-15)19(26)24-11-14-4-3-8-23-10-14/h1-10,12,18,21H,11,13H2,(H,24,26). The summed E-state index contributed by atoms with van der Waals surface area (Å²) >= 11 is 7.78. The van der Waals surface area contributed by atoms with Gasteiger partial charge in [-0.05, 0) is 29.8 Å². The largest absolute Gasteiger partial charge is 0.472 e. The first-order valence-electron chi connectivity index (χ1n) is 9.02. The van der Waals surface area contributed by atoms with E-state index in [0.29, 0.717) is 22.9 Å². The number of pyridine rings is 1. The van der Waals surface area contributed by atoms with E-state index in [1.165, 1.54) is 11.8 Å². The van der Waals surface area contributed by atoms with Gasteiger partial charge < -0.3 is 14.6 Å². The van der Waals surface area contributed by atoms with Gasteiger partial charge in [0.1, 0.15) is 11.4 Å². The Morgan fingerprint density at radius 3 is 2.83 bits per heavy atom. The zero-order chi connectivity index (χ0) is 20.2. The normalized spacial score (nSPS) is 18.6. The Morgan fingerprint density at radius 2 is 2.10 bits per heavy atom. The smallest absolute Gasteiger partial charge is 0.257 e. The second-order valence-electron chi connectivity index (χ2n) is 6.53. The Labute approximate surface area is 177 Å². The van der Waals surface area contributed by atoms with E-state index < -0.39 is 6.04 Å². The van der Waals surface area contributed by atoms with Crippen LogP contribution in [0.3, 0.4) is 0 Å². The lowest BCUT2D eigenvalue weighted by Crippen LogP contribution is -2.47. The molecule has 29 heavy (non-hydrogen) atoms. The average molecular weight is 428 g/mol. The first kappa shape index (κ1) is 19.5. The van der Waals surface area contributed by atoms with Crippen LogP contribution in [0.2, 0.25) is 5.02 Å². The van der Waals surface area contributed by atoms with Crippen LogP contribution in [0.25, 0.3) is 0 Å². The molecule has 0 radical (unpaired) electrons. The Balaban J connectivity index is 1.59. The Hall–Kier alpha value is -2.77. The highest BCUT2D eigenvalue weighted by Crippen LogP contribution is 2.43. The van der Waals surface area contributed by atoms with Gasteiger partial charge in [0, 0.05) is 30.3 Å². The number of rotatable bonds is 5. The van der Waals surface area contributed by atoms with Crippen molar-refractivity contribution in [1.82, 2.24) is 15.2 Å². The molecule has 3 aromatic rings. The Kier molecular flexibility index (Phi) is 5.87. The van der Waals surface area contributed by atoms with E-state index in [-0.39, 0.29) is 17.2 Å². The third-order valence-corrected chi connectivity index (χ3v) is 6.31. The van der Waals surface area contributed by atoms with Crippen molar-refractivity contribution in [3.63, 3.8) is 0 Å². The number of hydrogen-bond acceptors (Lipinski definition) is 5. The van der Waals surface area contributed by atoms with Crippen LogP contribution in [0.5, 0.6) is 0 Å². The zero-order valence-electron chi connectivity index (χ0n) is 15.3. The molecule has 1 aliphatic heterocycles. The Morgan fingerprint density at radius 1 is 1.24 bits per heavy atom. The number of halogens is 1. The molecule has 0 saturated carbocycles. The molecule has 0 aliphatic carbocycles. The molecule has 2 unspecified atom stereocenters. The number of furan rings is 1. The fourth-order valence-electron chi connectivity index (χ4n) is 3.21. The number of amides is 2. The van der Waals surface area contributed by atoms with Crippen molar-refractivity contribution in [1.29, 1.82) is 0 Å². The molecule has 1 aromatic carbocycles. The van der Waals surface area contributed by atoms with Crippen LogP contribution in [-0.2, 0) is 11.3 Å². The van der Waals surface area contributed by atoms with E-state index in [1.807, 2.05) is 12.1 Å². The summed E-state index contributed by atoms with van der Waals surface area (Å²) in [5.74, 6) is -0.0219. The van der Waals surface area contributed by atoms with Gasteiger partial charge in [0.05, 0.1) is 23.1 Å². The fourth-order valence-corrected chi connectivity index (χ4v) is 4.84. The highest BCUT2D eigenvalue weighted by Gasteiger charge is 2.43. The van der Waals surface area contributed by atoms with Crippen LogP contribution in [0, 0.1) is 0 Å². The van der Waals surface area contributed by atoms with Gasteiger partial charge in [-0.25, -0.2) is 0 Å². The lowest BCUT2D eigenvalue weighted by molar-refractivity contribution is -0.125. The highest BCUT2D eigenvalue weighted by atomic mass is 35.5. The van der Waals surface area contributed by atoms with Crippen LogP contribution >= 0.6 is 23.4 Å². The highest BCUT2D eigenvalue weighted by molar-refractivity contribution is 7.99.